The largest absolute Gasteiger partial charge is 0.465 e. The summed E-state index contributed by atoms with van der Waals surface area (Å²) >= 11 is 0. The van der Waals surface area contributed by atoms with Crippen molar-refractivity contribution in [2.45, 2.75) is 98.5 Å². The summed E-state index contributed by atoms with van der Waals surface area (Å²) in [5, 5.41) is 12.0. The second kappa shape index (κ2) is 10.8. The summed E-state index contributed by atoms with van der Waals surface area (Å²) in [7, 11) is 1.44. The molecule has 3 heteroatoms. The van der Waals surface area contributed by atoms with Gasteiger partial charge in [-0.15, -0.1) is 0 Å². The molecule has 1 aromatic rings. The van der Waals surface area contributed by atoms with Gasteiger partial charge in [0.15, 0.2) is 0 Å². The van der Waals surface area contributed by atoms with Gasteiger partial charge in [-0.3, -0.25) is 0 Å². The highest BCUT2D eigenvalue weighted by atomic mass is 16.5. The first kappa shape index (κ1) is 27.9. The molecular weight excluding hydrogens is 468 g/mol. The highest BCUT2D eigenvalue weighted by molar-refractivity contribution is 5.93. The Morgan fingerprint density at radius 1 is 1.08 bits per heavy atom. The maximum atomic E-state index is 12.2. The zero-order chi connectivity index (χ0) is 27.2. The minimum absolute atomic E-state index is 0.123. The lowest BCUT2D eigenvalue weighted by molar-refractivity contribution is -0.198. The molecule has 0 spiro atoms. The van der Waals surface area contributed by atoms with E-state index in [0.29, 0.717) is 57.8 Å². The lowest BCUT2D eigenvalue weighted by atomic mass is 9.41. The minimum Gasteiger partial charge on any atom is -0.465 e. The number of ether oxygens (including phenoxy) is 1. The highest BCUT2D eigenvalue weighted by Crippen LogP contribution is 2.69. The summed E-state index contributed by atoms with van der Waals surface area (Å²) in [5.74, 6) is 4.81. The van der Waals surface area contributed by atoms with E-state index in [2.05, 4.69) is 46.8 Å². The van der Waals surface area contributed by atoms with Crippen molar-refractivity contribution in [3.05, 3.63) is 41.5 Å². The van der Waals surface area contributed by atoms with Crippen molar-refractivity contribution in [1.29, 1.82) is 0 Å². The molecule has 38 heavy (non-hydrogen) atoms. The van der Waals surface area contributed by atoms with Crippen LogP contribution in [0.1, 0.15) is 108 Å². The van der Waals surface area contributed by atoms with Crippen LogP contribution in [0.3, 0.4) is 0 Å². The maximum Gasteiger partial charge on any atom is 0.338 e. The zero-order valence-corrected chi connectivity index (χ0v) is 24.8. The quantitative estimate of drug-likeness (QED) is 0.383. The van der Waals surface area contributed by atoms with E-state index in [1.165, 1.54) is 52.1 Å². The topological polar surface area (TPSA) is 46.5 Å². The average molecular weight is 521 g/mol. The van der Waals surface area contributed by atoms with Gasteiger partial charge >= 0.3 is 5.97 Å². The van der Waals surface area contributed by atoms with Crippen LogP contribution in [0.4, 0.5) is 0 Å². The second-order valence-corrected chi connectivity index (χ2v) is 14.3. The van der Waals surface area contributed by atoms with Gasteiger partial charge in [0.05, 0.1) is 18.8 Å². The van der Waals surface area contributed by atoms with E-state index in [9.17, 15) is 9.90 Å². The minimum atomic E-state index is -0.277. The van der Waals surface area contributed by atoms with Gasteiger partial charge in [-0.1, -0.05) is 77.8 Å². The van der Waals surface area contributed by atoms with Crippen LogP contribution in [0.5, 0.6) is 0 Å². The number of aliphatic hydroxyl groups excluding tert-OH is 1. The van der Waals surface area contributed by atoms with Gasteiger partial charge in [0.25, 0.3) is 0 Å². The summed E-state index contributed by atoms with van der Waals surface area (Å²) in [4.78, 5) is 12.2. The van der Waals surface area contributed by atoms with Gasteiger partial charge in [0, 0.05) is 0 Å². The number of carbonyl (C=O) groups excluding carboxylic acids is 1. The molecule has 11 atom stereocenters. The number of hydrogen-bond donors (Lipinski definition) is 1. The van der Waals surface area contributed by atoms with E-state index >= 15 is 0 Å². The monoisotopic (exact) mass is 520 g/mol. The van der Waals surface area contributed by atoms with E-state index in [0.717, 1.165) is 24.3 Å². The van der Waals surface area contributed by atoms with Crippen LogP contribution >= 0.6 is 0 Å². The number of allylic oxidation sites excluding steroid dienone is 1. The number of rotatable bonds is 6. The molecule has 0 aliphatic heterocycles. The second-order valence-electron chi connectivity index (χ2n) is 14.3. The van der Waals surface area contributed by atoms with E-state index in [1.54, 1.807) is 0 Å². The number of aliphatic hydroxyl groups is 1. The number of carbonyl (C=O) groups is 1. The number of fused-ring (bicyclic) bond motifs is 5. The number of esters is 1. The molecule has 0 amide bonds. The molecule has 5 rings (SSSR count). The predicted octanol–water partition coefficient (Wildman–Crippen LogP) is 8.41. The standard InChI is InChI=1S/C35H52O3/c1-7-25-30-21-22(2)17-19-35(30,5)29-18-20-34(4)27(15-16-28(34)31(29)32(25)36)23(3)11-10-13-24-12-8-9-14-26(24)33(37)38-6/h8-10,12-14,22-23,25,27-32,36H,7,11,15-21H2,1-6H3/b13-10+/t22-,23-,25-,27-,28+,29+,30+,31+,32-,34-,35-/m1/s1. The maximum absolute atomic E-state index is 12.2. The Hall–Kier alpha value is -1.61. The Kier molecular flexibility index (Phi) is 7.91. The number of hydrogen-bond acceptors (Lipinski definition) is 3. The third-order valence-corrected chi connectivity index (χ3v) is 12.6. The van der Waals surface area contributed by atoms with Crippen LogP contribution in [0.2, 0.25) is 0 Å². The Morgan fingerprint density at radius 3 is 2.53 bits per heavy atom. The Balaban J connectivity index is 1.33. The molecule has 0 heterocycles. The normalized spacial score (nSPS) is 43.2. The Morgan fingerprint density at radius 2 is 1.79 bits per heavy atom. The molecular formula is C35H52O3. The number of benzene rings is 1. The third kappa shape index (κ3) is 4.49. The van der Waals surface area contributed by atoms with Gasteiger partial charge in [0.2, 0.25) is 0 Å². The first-order valence-corrected chi connectivity index (χ1v) is 15.7. The molecule has 210 valence electrons. The van der Waals surface area contributed by atoms with Gasteiger partial charge in [-0.2, -0.15) is 0 Å². The van der Waals surface area contributed by atoms with E-state index in [1.807, 2.05) is 24.3 Å². The van der Waals surface area contributed by atoms with E-state index in [-0.39, 0.29) is 12.1 Å². The van der Waals surface area contributed by atoms with Crippen LogP contribution in [-0.4, -0.2) is 24.3 Å². The molecule has 0 radical (unpaired) electrons. The van der Waals surface area contributed by atoms with Crippen molar-refractivity contribution in [2.24, 2.45) is 58.2 Å². The first-order valence-electron chi connectivity index (χ1n) is 15.7. The van der Waals surface area contributed by atoms with Crippen LogP contribution in [0.15, 0.2) is 30.3 Å². The zero-order valence-electron chi connectivity index (χ0n) is 24.8. The van der Waals surface area contributed by atoms with Crippen LogP contribution in [-0.2, 0) is 4.74 Å². The SMILES string of the molecule is CC[C@H]1[C@@H](O)[C@@H]2[C@H](CC[C@]3(C)[C@@H]([C@H](C)C/C=C/c4ccccc4C(=O)OC)CC[C@@H]23)[C@@]2(C)CC[C@@H](C)C[C@@H]12. The van der Waals surface area contributed by atoms with E-state index < -0.39 is 0 Å². The molecule has 0 bridgehead atoms. The van der Waals surface area contributed by atoms with Crippen molar-refractivity contribution in [2.75, 3.05) is 7.11 Å². The molecule has 3 nitrogen and oxygen atoms in total. The van der Waals surface area contributed by atoms with Crippen LogP contribution in [0, 0.1) is 58.2 Å². The molecule has 1 N–H and O–H groups in total. The fraction of sp³-hybridized carbons (Fsp3) is 0.743. The average Bonchev–Trinajstić information content (AvgIpc) is 3.27. The molecule has 4 aliphatic carbocycles. The van der Waals surface area contributed by atoms with Crippen molar-refractivity contribution >= 4 is 12.0 Å². The van der Waals surface area contributed by atoms with Crippen molar-refractivity contribution in [1.82, 2.24) is 0 Å². The molecule has 0 unspecified atom stereocenters. The first-order chi connectivity index (χ1) is 18.2. The lowest BCUT2D eigenvalue weighted by Gasteiger charge is -2.65. The molecule has 4 aliphatic rings. The fourth-order valence-electron chi connectivity index (χ4n) is 10.7. The van der Waals surface area contributed by atoms with Crippen LogP contribution < -0.4 is 0 Å². The summed E-state index contributed by atoms with van der Waals surface area (Å²) in [5.41, 5.74) is 2.30. The van der Waals surface area contributed by atoms with Crippen molar-refractivity contribution in [3.63, 3.8) is 0 Å². The summed E-state index contributed by atoms with van der Waals surface area (Å²) in [6.07, 6.45) is 15.7. The van der Waals surface area contributed by atoms with Gasteiger partial charge in [-0.05, 0) is 115 Å². The van der Waals surface area contributed by atoms with Crippen molar-refractivity contribution in [3.8, 4) is 0 Å². The lowest BCUT2D eigenvalue weighted by Crippen LogP contribution is -2.61. The van der Waals surface area contributed by atoms with Gasteiger partial charge in [-0.25, -0.2) is 4.79 Å². The molecule has 0 saturated heterocycles. The van der Waals surface area contributed by atoms with Gasteiger partial charge < -0.3 is 9.84 Å². The fourth-order valence-corrected chi connectivity index (χ4v) is 10.7. The summed E-state index contributed by atoms with van der Waals surface area (Å²) in [6, 6.07) is 7.71. The van der Waals surface area contributed by atoms with Crippen molar-refractivity contribution < 1.29 is 14.6 Å². The molecule has 0 aromatic heterocycles. The number of methoxy groups -OCH3 is 1. The predicted molar refractivity (Wildman–Crippen MR) is 156 cm³/mol. The van der Waals surface area contributed by atoms with Crippen LogP contribution in [0.25, 0.3) is 6.08 Å². The Bertz CT molecular complexity index is 1030. The molecule has 4 saturated carbocycles. The van der Waals surface area contributed by atoms with Gasteiger partial charge in [0.1, 0.15) is 0 Å². The third-order valence-electron chi connectivity index (χ3n) is 12.6. The molecule has 4 fully saturated rings. The highest BCUT2D eigenvalue weighted by Gasteiger charge is 2.64. The summed E-state index contributed by atoms with van der Waals surface area (Å²) < 4.78 is 4.98. The molecule has 1 aromatic carbocycles. The Labute approximate surface area is 231 Å². The smallest absolute Gasteiger partial charge is 0.338 e. The summed E-state index contributed by atoms with van der Waals surface area (Å²) in [6.45, 7) is 12.4. The van der Waals surface area contributed by atoms with E-state index in [4.69, 9.17) is 4.74 Å².